The summed E-state index contributed by atoms with van der Waals surface area (Å²) >= 11 is 0. The molecule has 2 N–H and O–H groups in total. The molecular formula is C12H19F3N4O. The molecule has 1 heterocycles. The van der Waals surface area contributed by atoms with Gasteiger partial charge in [0.25, 0.3) is 5.91 Å². The van der Waals surface area contributed by atoms with Crippen LogP contribution in [0, 0.1) is 5.92 Å². The quantitative estimate of drug-likeness (QED) is 0.904. The second-order valence-electron chi connectivity index (χ2n) is 4.98. The van der Waals surface area contributed by atoms with E-state index in [2.05, 4.69) is 5.10 Å². The number of nitrogens with two attached hydrogens (primary N) is 1. The summed E-state index contributed by atoms with van der Waals surface area (Å²) in [5.41, 5.74) is 5.60. The van der Waals surface area contributed by atoms with Crippen molar-refractivity contribution in [2.45, 2.75) is 33.5 Å². The molecule has 1 aromatic heterocycles. The first-order valence-electron chi connectivity index (χ1n) is 6.33. The van der Waals surface area contributed by atoms with Gasteiger partial charge in [-0.25, -0.2) is 0 Å². The summed E-state index contributed by atoms with van der Waals surface area (Å²) in [6.45, 7) is 4.46. The van der Waals surface area contributed by atoms with Gasteiger partial charge in [-0.05, 0) is 12.8 Å². The summed E-state index contributed by atoms with van der Waals surface area (Å²) in [5, 5.41) is 3.92. The number of aromatic nitrogens is 2. The van der Waals surface area contributed by atoms with Crippen LogP contribution in [0.4, 0.5) is 18.9 Å². The monoisotopic (exact) mass is 292 g/mol. The number of hydrogen-bond donors (Lipinski definition) is 1. The van der Waals surface area contributed by atoms with Crippen LogP contribution in [0.1, 0.15) is 31.3 Å². The molecule has 1 aromatic rings. The number of carbonyl (C=O) groups excluding carboxylic acids is 1. The lowest BCUT2D eigenvalue weighted by atomic mass is 10.2. The number of nitrogens with zero attached hydrogens (tertiary/aromatic N) is 3. The van der Waals surface area contributed by atoms with Gasteiger partial charge in [-0.2, -0.15) is 18.3 Å². The minimum atomic E-state index is -4.45. The standard InChI is InChI=1S/C12H19F3N4O/c1-4-19-6-9(16)10(17-19)11(20)18(5-8(2)3)7-12(13,14)15/h6,8H,4-5,7,16H2,1-3H3. The minimum Gasteiger partial charge on any atom is -0.396 e. The third-order valence-electron chi connectivity index (χ3n) is 2.56. The Balaban J connectivity index is 2.99. The van der Waals surface area contributed by atoms with Crippen molar-refractivity contribution in [3.8, 4) is 0 Å². The van der Waals surface area contributed by atoms with Gasteiger partial charge in [-0.3, -0.25) is 9.48 Å². The summed E-state index contributed by atoms with van der Waals surface area (Å²) in [6, 6.07) is 0. The number of carbonyl (C=O) groups is 1. The molecular weight excluding hydrogens is 273 g/mol. The van der Waals surface area contributed by atoms with Crippen molar-refractivity contribution >= 4 is 11.6 Å². The van der Waals surface area contributed by atoms with Gasteiger partial charge in [-0.1, -0.05) is 13.8 Å². The van der Waals surface area contributed by atoms with E-state index in [0.717, 1.165) is 4.90 Å². The van der Waals surface area contributed by atoms with E-state index >= 15 is 0 Å². The van der Waals surface area contributed by atoms with E-state index in [-0.39, 0.29) is 23.8 Å². The highest BCUT2D eigenvalue weighted by molar-refractivity contribution is 5.97. The van der Waals surface area contributed by atoms with E-state index in [1.807, 2.05) is 0 Å². The lowest BCUT2D eigenvalue weighted by Crippen LogP contribution is -2.41. The maximum Gasteiger partial charge on any atom is 0.406 e. The first-order chi connectivity index (χ1) is 9.14. The number of hydrogen-bond acceptors (Lipinski definition) is 3. The van der Waals surface area contributed by atoms with Gasteiger partial charge >= 0.3 is 6.18 Å². The molecule has 0 bridgehead atoms. The molecule has 0 unspecified atom stereocenters. The van der Waals surface area contributed by atoms with Crippen molar-refractivity contribution in [1.29, 1.82) is 0 Å². The van der Waals surface area contributed by atoms with E-state index < -0.39 is 18.6 Å². The maximum atomic E-state index is 12.6. The fourth-order valence-electron chi connectivity index (χ4n) is 1.79. The molecule has 5 nitrogen and oxygen atoms in total. The smallest absolute Gasteiger partial charge is 0.396 e. The zero-order chi connectivity index (χ0) is 15.5. The molecule has 114 valence electrons. The number of amides is 1. The Morgan fingerprint density at radius 3 is 2.50 bits per heavy atom. The normalized spacial score (nSPS) is 11.9. The highest BCUT2D eigenvalue weighted by atomic mass is 19.4. The average molecular weight is 292 g/mol. The average Bonchev–Trinajstić information content (AvgIpc) is 2.66. The van der Waals surface area contributed by atoms with Crippen LogP contribution in [0.3, 0.4) is 0 Å². The summed E-state index contributed by atoms with van der Waals surface area (Å²) in [5.74, 6) is -0.878. The molecule has 1 rings (SSSR count). The van der Waals surface area contributed by atoms with Gasteiger partial charge in [-0.15, -0.1) is 0 Å². The summed E-state index contributed by atoms with van der Waals surface area (Å²) in [6.07, 6.45) is -3.01. The third-order valence-corrected chi connectivity index (χ3v) is 2.56. The molecule has 0 aliphatic heterocycles. The van der Waals surface area contributed by atoms with Gasteiger partial charge in [0.2, 0.25) is 0 Å². The fourth-order valence-corrected chi connectivity index (χ4v) is 1.79. The number of nitrogen functional groups attached to an aromatic ring is 1. The highest BCUT2D eigenvalue weighted by Gasteiger charge is 2.34. The van der Waals surface area contributed by atoms with Crippen molar-refractivity contribution in [2.24, 2.45) is 5.92 Å². The second kappa shape index (κ2) is 6.15. The van der Waals surface area contributed by atoms with E-state index in [1.165, 1.54) is 10.9 Å². The molecule has 0 radical (unpaired) electrons. The first-order valence-corrected chi connectivity index (χ1v) is 6.33. The number of anilines is 1. The lowest BCUT2D eigenvalue weighted by Gasteiger charge is -2.25. The van der Waals surface area contributed by atoms with E-state index in [0.29, 0.717) is 6.54 Å². The van der Waals surface area contributed by atoms with Crippen LogP contribution in [-0.2, 0) is 6.54 Å². The Labute approximate surface area is 115 Å². The topological polar surface area (TPSA) is 64.2 Å². The van der Waals surface area contributed by atoms with Gasteiger partial charge in [0, 0.05) is 19.3 Å². The Morgan fingerprint density at radius 2 is 2.10 bits per heavy atom. The lowest BCUT2D eigenvalue weighted by molar-refractivity contribution is -0.141. The number of rotatable bonds is 5. The molecule has 0 saturated carbocycles. The number of alkyl halides is 3. The zero-order valence-electron chi connectivity index (χ0n) is 11.7. The predicted octanol–water partition coefficient (Wildman–Crippen LogP) is 2.15. The van der Waals surface area contributed by atoms with Gasteiger partial charge in [0.1, 0.15) is 6.54 Å². The molecule has 8 heteroatoms. The Bertz CT molecular complexity index is 468. The molecule has 0 aliphatic carbocycles. The van der Waals surface area contributed by atoms with Crippen molar-refractivity contribution in [2.75, 3.05) is 18.8 Å². The minimum absolute atomic E-state index is 0.00321. The van der Waals surface area contributed by atoms with Crippen LogP contribution < -0.4 is 5.73 Å². The van der Waals surface area contributed by atoms with Crippen LogP contribution >= 0.6 is 0 Å². The van der Waals surface area contributed by atoms with Crippen LogP contribution in [-0.4, -0.2) is 39.9 Å². The maximum absolute atomic E-state index is 12.6. The van der Waals surface area contributed by atoms with Gasteiger partial charge in [0.15, 0.2) is 5.69 Å². The van der Waals surface area contributed by atoms with E-state index in [1.54, 1.807) is 20.8 Å². The fraction of sp³-hybridized carbons (Fsp3) is 0.667. The molecule has 0 fully saturated rings. The summed E-state index contributed by atoms with van der Waals surface area (Å²) < 4.78 is 39.1. The predicted molar refractivity (Wildman–Crippen MR) is 69.1 cm³/mol. The van der Waals surface area contributed by atoms with E-state index in [4.69, 9.17) is 5.73 Å². The molecule has 0 saturated heterocycles. The van der Waals surface area contributed by atoms with E-state index in [9.17, 15) is 18.0 Å². The van der Waals surface area contributed by atoms with Crippen LogP contribution in [0.5, 0.6) is 0 Å². The largest absolute Gasteiger partial charge is 0.406 e. The highest BCUT2D eigenvalue weighted by Crippen LogP contribution is 2.20. The number of halogens is 3. The van der Waals surface area contributed by atoms with Crippen LogP contribution in [0.15, 0.2) is 6.20 Å². The third kappa shape index (κ3) is 4.43. The SMILES string of the molecule is CCn1cc(N)c(C(=O)N(CC(C)C)CC(F)(F)F)n1. The summed E-state index contributed by atoms with van der Waals surface area (Å²) in [4.78, 5) is 12.9. The van der Waals surface area contributed by atoms with Crippen LogP contribution in [0.25, 0.3) is 0 Å². The molecule has 20 heavy (non-hydrogen) atoms. The number of aryl methyl sites for hydroxylation is 1. The molecule has 0 spiro atoms. The van der Waals surface area contributed by atoms with Crippen molar-refractivity contribution < 1.29 is 18.0 Å². The molecule has 0 atom stereocenters. The van der Waals surface area contributed by atoms with Gasteiger partial charge in [0.05, 0.1) is 5.69 Å². The van der Waals surface area contributed by atoms with Crippen molar-refractivity contribution in [1.82, 2.24) is 14.7 Å². The van der Waals surface area contributed by atoms with Crippen molar-refractivity contribution in [3.05, 3.63) is 11.9 Å². The Morgan fingerprint density at radius 1 is 1.50 bits per heavy atom. The van der Waals surface area contributed by atoms with Gasteiger partial charge < -0.3 is 10.6 Å². The zero-order valence-corrected chi connectivity index (χ0v) is 11.7. The Hall–Kier alpha value is -1.73. The Kier molecular flexibility index (Phi) is 5.02. The van der Waals surface area contributed by atoms with Crippen LogP contribution in [0.2, 0.25) is 0 Å². The van der Waals surface area contributed by atoms with Crippen molar-refractivity contribution in [3.63, 3.8) is 0 Å². The first kappa shape index (κ1) is 16.3. The second-order valence-corrected chi connectivity index (χ2v) is 4.98. The molecule has 0 aromatic carbocycles. The summed E-state index contributed by atoms with van der Waals surface area (Å²) in [7, 11) is 0. The molecule has 1 amide bonds. The molecule has 0 aliphatic rings.